The van der Waals surface area contributed by atoms with E-state index < -0.39 is 78.5 Å². The number of primary amides is 2. The predicted molar refractivity (Wildman–Crippen MR) is 126 cm³/mol. The van der Waals surface area contributed by atoms with Crippen LogP contribution < -0.4 is 44.6 Å². The molecule has 18 nitrogen and oxygen atoms in total. The summed E-state index contributed by atoms with van der Waals surface area (Å²) in [5.74, 6) is -8.33. The van der Waals surface area contributed by atoms with E-state index in [-0.39, 0.29) is 31.8 Å². The Hall–Kier alpha value is -4.48. The van der Waals surface area contributed by atoms with Crippen molar-refractivity contribution < 1.29 is 43.8 Å². The first-order valence-corrected chi connectivity index (χ1v) is 10.9. The number of carboxylic acid groups (broad SMARTS) is 2. The third kappa shape index (κ3) is 14.5. The molecule has 0 saturated heterocycles. The third-order valence-corrected chi connectivity index (χ3v) is 4.65. The number of carbonyl (C=O) groups excluding carboxylic acids is 5. The van der Waals surface area contributed by atoms with Gasteiger partial charge < -0.3 is 54.8 Å². The first kappa shape index (κ1) is 32.5. The summed E-state index contributed by atoms with van der Waals surface area (Å²) in [6.45, 7) is 0.188. The van der Waals surface area contributed by atoms with E-state index >= 15 is 0 Å². The molecule has 18 heteroatoms. The number of aliphatic imine (C=N–C) groups is 1. The molecular formula is C19H33N9O9. The summed E-state index contributed by atoms with van der Waals surface area (Å²) in [6, 6.07) is -6.18. The molecule has 4 unspecified atom stereocenters. The van der Waals surface area contributed by atoms with Crippen LogP contribution in [0.25, 0.3) is 0 Å². The van der Waals surface area contributed by atoms with Gasteiger partial charge in [-0.25, -0.2) is 4.79 Å². The predicted octanol–water partition coefficient (Wildman–Crippen LogP) is -5.48. The lowest BCUT2D eigenvalue weighted by molar-refractivity contribution is -0.144. The lowest BCUT2D eigenvalue weighted by atomic mass is 10.1. The minimum atomic E-state index is -1.82. The van der Waals surface area contributed by atoms with Crippen molar-refractivity contribution in [3.8, 4) is 0 Å². The second kappa shape index (κ2) is 16.2. The van der Waals surface area contributed by atoms with Gasteiger partial charge in [0.25, 0.3) is 0 Å². The normalized spacial score (nSPS) is 13.6. The summed E-state index contributed by atoms with van der Waals surface area (Å²) in [4.78, 5) is 86.2. The van der Waals surface area contributed by atoms with E-state index in [1.807, 2.05) is 5.32 Å². The number of carbonyl (C=O) groups is 7. The summed E-state index contributed by atoms with van der Waals surface area (Å²) in [6.07, 6.45) is -2.04. The molecule has 0 aromatic heterocycles. The standard InChI is InChI=1S/C19H33N9O9/c20-8(2-1-5-25-19(23)24)15(33)26-9(3-4-12(21)29)16(34)27-10(7-14(31)32)17(35)28-11(18(36)37)6-13(22)30/h8-11H,1-7,20H2,(H2,21,29)(H2,22,30)(H,26,33)(H,27,34)(H,28,35)(H,31,32)(H,36,37)(H4,23,24,25). The molecule has 0 aliphatic carbocycles. The van der Waals surface area contributed by atoms with Crippen molar-refractivity contribution in [2.24, 2.45) is 33.7 Å². The maximum absolute atomic E-state index is 12.8. The van der Waals surface area contributed by atoms with Crippen LogP contribution in [-0.4, -0.2) is 88.4 Å². The number of carboxylic acids is 2. The van der Waals surface area contributed by atoms with Crippen molar-refractivity contribution in [1.29, 1.82) is 0 Å². The fraction of sp³-hybridized carbons (Fsp3) is 0.579. The molecule has 4 atom stereocenters. The fourth-order valence-electron chi connectivity index (χ4n) is 2.81. The molecule has 0 heterocycles. The van der Waals surface area contributed by atoms with Crippen LogP contribution in [0.4, 0.5) is 0 Å². The molecule has 0 spiro atoms. The Morgan fingerprint density at radius 2 is 1.24 bits per heavy atom. The first-order valence-electron chi connectivity index (χ1n) is 10.9. The highest BCUT2D eigenvalue weighted by Crippen LogP contribution is 2.04. The van der Waals surface area contributed by atoms with Crippen LogP contribution in [-0.2, 0) is 33.6 Å². The Labute approximate surface area is 210 Å². The van der Waals surface area contributed by atoms with Gasteiger partial charge in [0.1, 0.15) is 18.1 Å². The molecule has 0 aliphatic heterocycles. The second-order valence-electron chi connectivity index (χ2n) is 7.85. The molecule has 0 radical (unpaired) electrons. The quantitative estimate of drug-likeness (QED) is 0.0449. The van der Waals surface area contributed by atoms with Crippen LogP contribution in [0, 0.1) is 0 Å². The topological polar surface area (TPSA) is 338 Å². The van der Waals surface area contributed by atoms with E-state index in [4.69, 9.17) is 38.9 Å². The summed E-state index contributed by atoms with van der Waals surface area (Å²) in [5, 5.41) is 24.5. The molecular weight excluding hydrogens is 498 g/mol. The third-order valence-electron chi connectivity index (χ3n) is 4.65. The van der Waals surface area contributed by atoms with Gasteiger partial charge in [-0.05, 0) is 19.3 Å². The van der Waals surface area contributed by atoms with Gasteiger partial charge in [0.2, 0.25) is 29.5 Å². The first-order chi connectivity index (χ1) is 17.1. The minimum absolute atomic E-state index is 0.118. The summed E-state index contributed by atoms with van der Waals surface area (Å²) in [7, 11) is 0. The van der Waals surface area contributed by atoms with Gasteiger partial charge >= 0.3 is 11.9 Å². The van der Waals surface area contributed by atoms with Gasteiger partial charge in [-0.15, -0.1) is 0 Å². The Balaban J connectivity index is 5.52. The lowest BCUT2D eigenvalue weighted by Gasteiger charge is -2.24. The molecule has 0 aromatic rings. The Morgan fingerprint density at radius 1 is 0.703 bits per heavy atom. The maximum atomic E-state index is 12.8. The van der Waals surface area contributed by atoms with Gasteiger partial charge in [-0.2, -0.15) is 0 Å². The minimum Gasteiger partial charge on any atom is -0.481 e. The van der Waals surface area contributed by atoms with Crippen LogP contribution in [0.15, 0.2) is 4.99 Å². The number of amides is 5. The largest absolute Gasteiger partial charge is 0.481 e. The van der Waals surface area contributed by atoms with Crippen LogP contribution in [0.3, 0.4) is 0 Å². The number of aliphatic carboxylic acids is 2. The Morgan fingerprint density at radius 3 is 1.73 bits per heavy atom. The van der Waals surface area contributed by atoms with Crippen molar-refractivity contribution in [2.75, 3.05) is 6.54 Å². The Bertz CT molecular complexity index is 905. The Kier molecular flexibility index (Phi) is 14.3. The number of nitrogens with two attached hydrogens (primary N) is 5. The molecule has 0 fully saturated rings. The molecule has 0 rings (SSSR count). The highest BCUT2D eigenvalue weighted by atomic mass is 16.4. The number of nitrogens with one attached hydrogen (secondary N) is 3. The van der Waals surface area contributed by atoms with E-state index in [0.29, 0.717) is 6.42 Å². The zero-order valence-electron chi connectivity index (χ0n) is 19.8. The molecule has 5 amide bonds. The van der Waals surface area contributed by atoms with Crippen LogP contribution in [0.2, 0.25) is 0 Å². The van der Waals surface area contributed by atoms with Crippen molar-refractivity contribution in [2.45, 2.75) is 62.7 Å². The summed E-state index contributed by atoms with van der Waals surface area (Å²) >= 11 is 0. The van der Waals surface area contributed by atoms with Crippen molar-refractivity contribution in [3.63, 3.8) is 0 Å². The van der Waals surface area contributed by atoms with Crippen molar-refractivity contribution in [1.82, 2.24) is 16.0 Å². The van der Waals surface area contributed by atoms with E-state index in [1.54, 1.807) is 0 Å². The zero-order valence-corrected chi connectivity index (χ0v) is 19.8. The molecule has 37 heavy (non-hydrogen) atoms. The summed E-state index contributed by atoms with van der Waals surface area (Å²) in [5.41, 5.74) is 26.2. The molecule has 0 bridgehead atoms. The number of nitrogens with zero attached hydrogens (tertiary/aromatic N) is 1. The number of rotatable bonds is 18. The van der Waals surface area contributed by atoms with Gasteiger partial charge in [0, 0.05) is 13.0 Å². The number of hydrogen-bond acceptors (Lipinski definition) is 9. The van der Waals surface area contributed by atoms with Gasteiger partial charge in [0.15, 0.2) is 5.96 Å². The second-order valence-corrected chi connectivity index (χ2v) is 7.85. The maximum Gasteiger partial charge on any atom is 0.326 e. The number of guanidine groups is 1. The lowest BCUT2D eigenvalue weighted by Crippen LogP contribution is -2.57. The summed E-state index contributed by atoms with van der Waals surface area (Å²) < 4.78 is 0. The van der Waals surface area contributed by atoms with Gasteiger partial charge in [0.05, 0.1) is 18.9 Å². The highest BCUT2D eigenvalue weighted by molar-refractivity contribution is 5.96. The van der Waals surface area contributed by atoms with Gasteiger partial charge in [-0.1, -0.05) is 0 Å². The van der Waals surface area contributed by atoms with E-state index in [9.17, 15) is 33.6 Å². The smallest absolute Gasteiger partial charge is 0.326 e. The van der Waals surface area contributed by atoms with Crippen LogP contribution >= 0.6 is 0 Å². The van der Waals surface area contributed by atoms with Gasteiger partial charge in [-0.3, -0.25) is 33.8 Å². The van der Waals surface area contributed by atoms with E-state index in [1.165, 1.54) is 0 Å². The molecule has 0 saturated carbocycles. The zero-order chi connectivity index (χ0) is 28.7. The average molecular weight is 532 g/mol. The molecule has 0 aromatic carbocycles. The number of hydrogen-bond donors (Lipinski definition) is 10. The van der Waals surface area contributed by atoms with Crippen LogP contribution in [0.5, 0.6) is 0 Å². The average Bonchev–Trinajstić information content (AvgIpc) is 2.76. The van der Waals surface area contributed by atoms with E-state index in [2.05, 4.69) is 15.6 Å². The molecule has 0 aliphatic rings. The van der Waals surface area contributed by atoms with Crippen molar-refractivity contribution >= 4 is 47.4 Å². The molecule has 15 N–H and O–H groups in total. The van der Waals surface area contributed by atoms with E-state index in [0.717, 1.165) is 0 Å². The van der Waals surface area contributed by atoms with Crippen LogP contribution in [0.1, 0.15) is 38.5 Å². The monoisotopic (exact) mass is 531 g/mol. The SMILES string of the molecule is NC(=O)CCC(NC(=O)C(N)CCCN=C(N)N)C(=O)NC(CC(=O)O)C(=O)NC(CC(N)=O)C(=O)O. The van der Waals surface area contributed by atoms with Crippen molar-refractivity contribution in [3.05, 3.63) is 0 Å². The highest BCUT2D eigenvalue weighted by Gasteiger charge is 2.32. The fourth-order valence-corrected chi connectivity index (χ4v) is 2.81. The molecule has 208 valence electrons.